The monoisotopic (exact) mass is 348 g/mol. The Morgan fingerprint density at radius 3 is 2.27 bits per heavy atom. The third-order valence-electron chi connectivity index (χ3n) is 6.71. The van der Waals surface area contributed by atoms with E-state index in [9.17, 15) is 4.79 Å². The van der Waals surface area contributed by atoms with Gasteiger partial charge in [-0.05, 0) is 74.5 Å². The Morgan fingerprint density at radius 1 is 1.08 bits per heavy atom. The molecular formula is C22H24N2O2. The van der Waals surface area contributed by atoms with Crippen LogP contribution in [0.5, 0.6) is 0 Å². The van der Waals surface area contributed by atoms with E-state index < -0.39 is 5.97 Å². The summed E-state index contributed by atoms with van der Waals surface area (Å²) >= 11 is 0. The molecule has 0 aliphatic heterocycles. The second-order valence-electron chi connectivity index (χ2n) is 8.58. The van der Waals surface area contributed by atoms with Gasteiger partial charge in [0.25, 0.3) is 0 Å². The number of carboxylic acid groups (broad SMARTS) is 1. The van der Waals surface area contributed by atoms with Crippen molar-refractivity contribution >= 4 is 12.0 Å². The highest BCUT2D eigenvalue weighted by molar-refractivity contribution is 5.85. The van der Waals surface area contributed by atoms with Gasteiger partial charge in [0.15, 0.2) is 0 Å². The van der Waals surface area contributed by atoms with Crippen LogP contribution in [0.2, 0.25) is 0 Å². The number of benzene rings is 1. The number of carboxylic acids is 1. The summed E-state index contributed by atoms with van der Waals surface area (Å²) in [5.41, 5.74) is 3.26. The molecule has 4 saturated carbocycles. The molecule has 1 heterocycles. The molecular weight excluding hydrogens is 324 g/mol. The second kappa shape index (κ2) is 5.83. The molecule has 4 aliphatic rings. The predicted molar refractivity (Wildman–Crippen MR) is 100 cm³/mol. The summed E-state index contributed by atoms with van der Waals surface area (Å²) < 4.78 is 1.93. The number of aromatic nitrogens is 2. The lowest BCUT2D eigenvalue weighted by atomic mass is 9.48. The summed E-state index contributed by atoms with van der Waals surface area (Å²) in [5, 5.41) is 14.1. The van der Waals surface area contributed by atoms with Crippen molar-refractivity contribution in [1.29, 1.82) is 0 Å². The van der Waals surface area contributed by atoms with Gasteiger partial charge in [0.1, 0.15) is 0 Å². The number of nitrogens with zero attached hydrogens (tertiary/aromatic N) is 2. The van der Waals surface area contributed by atoms with Gasteiger partial charge in [-0.1, -0.05) is 18.2 Å². The zero-order valence-corrected chi connectivity index (χ0v) is 14.8. The molecule has 2 aromatic rings. The van der Waals surface area contributed by atoms with Crippen molar-refractivity contribution in [2.45, 2.75) is 43.9 Å². The van der Waals surface area contributed by atoms with Crippen LogP contribution in [0.3, 0.4) is 0 Å². The van der Waals surface area contributed by atoms with Gasteiger partial charge in [-0.25, -0.2) is 9.48 Å². The van der Waals surface area contributed by atoms with Gasteiger partial charge in [-0.2, -0.15) is 5.10 Å². The molecule has 0 radical (unpaired) electrons. The van der Waals surface area contributed by atoms with Crippen molar-refractivity contribution in [3.8, 4) is 5.69 Å². The molecule has 4 fully saturated rings. The van der Waals surface area contributed by atoms with Gasteiger partial charge in [-0.15, -0.1) is 0 Å². The van der Waals surface area contributed by atoms with Crippen LogP contribution in [0.15, 0.2) is 42.6 Å². The average molecular weight is 348 g/mol. The number of rotatable bonds is 4. The maximum Gasteiger partial charge on any atom is 0.328 e. The van der Waals surface area contributed by atoms with E-state index in [0.29, 0.717) is 0 Å². The van der Waals surface area contributed by atoms with E-state index >= 15 is 0 Å². The third-order valence-corrected chi connectivity index (χ3v) is 6.71. The first kappa shape index (κ1) is 15.9. The Morgan fingerprint density at radius 2 is 1.69 bits per heavy atom. The topological polar surface area (TPSA) is 55.1 Å². The van der Waals surface area contributed by atoms with Crippen molar-refractivity contribution in [1.82, 2.24) is 9.78 Å². The van der Waals surface area contributed by atoms with E-state index in [4.69, 9.17) is 10.2 Å². The van der Waals surface area contributed by atoms with E-state index in [1.807, 2.05) is 41.2 Å². The van der Waals surface area contributed by atoms with Crippen LogP contribution in [0.4, 0.5) is 0 Å². The summed E-state index contributed by atoms with van der Waals surface area (Å²) in [5.74, 6) is 1.59. The van der Waals surface area contributed by atoms with Crippen molar-refractivity contribution in [3.63, 3.8) is 0 Å². The lowest BCUT2D eigenvalue weighted by molar-refractivity contribution is -0.131. The van der Waals surface area contributed by atoms with Crippen LogP contribution < -0.4 is 0 Å². The Balaban J connectivity index is 1.61. The minimum atomic E-state index is -0.908. The summed E-state index contributed by atoms with van der Waals surface area (Å²) in [6, 6.07) is 10.1. The van der Waals surface area contributed by atoms with E-state index in [1.165, 1.54) is 44.6 Å². The summed E-state index contributed by atoms with van der Waals surface area (Å²) in [4.78, 5) is 11.1. The molecule has 0 amide bonds. The summed E-state index contributed by atoms with van der Waals surface area (Å²) in [6.07, 6.45) is 12.8. The van der Waals surface area contributed by atoms with Gasteiger partial charge >= 0.3 is 5.97 Å². The standard InChI is InChI=1S/C22H24N2O2/c25-20(26)7-6-18-14-24(19-4-2-1-3-5-19)23-21(18)22-11-15-8-16(12-22)10-17(9-15)13-22/h1-7,14-17H,8-13H2,(H,25,26)/b7-6+. The molecule has 134 valence electrons. The molecule has 1 aromatic carbocycles. The minimum Gasteiger partial charge on any atom is -0.478 e. The van der Waals surface area contributed by atoms with Crippen LogP contribution >= 0.6 is 0 Å². The largest absolute Gasteiger partial charge is 0.478 e. The molecule has 26 heavy (non-hydrogen) atoms. The molecule has 0 atom stereocenters. The van der Waals surface area contributed by atoms with Gasteiger partial charge < -0.3 is 5.11 Å². The van der Waals surface area contributed by atoms with Crippen LogP contribution in [0.25, 0.3) is 11.8 Å². The first-order valence-corrected chi connectivity index (χ1v) is 9.68. The molecule has 4 bridgehead atoms. The molecule has 4 heteroatoms. The fraction of sp³-hybridized carbons (Fsp3) is 0.455. The molecule has 6 rings (SSSR count). The van der Waals surface area contributed by atoms with Gasteiger partial charge in [0.05, 0.1) is 11.4 Å². The Kier molecular flexibility index (Phi) is 3.56. The first-order valence-electron chi connectivity index (χ1n) is 9.68. The molecule has 4 nitrogen and oxygen atoms in total. The first-order chi connectivity index (χ1) is 12.6. The van der Waals surface area contributed by atoms with Crippen LogP contribution in [-0.2, 0) is 10.2 Å². The summed E-state index contributed by atoms with van der Waals surface area (Å²) in [7, 11) is 0. The van der Waals surface area contributed by atoms with E-state index in [-0.39, 0.29) is 5.41 Å². The fourth-order valence-corrected chi connectivity index (χ4v) is 6.20. The van der Waals surface area contributed by atoms with Crippen molar-refractivity contribution in [3.05, 3.63) is 53.9 Å². The number of hydrogen-bond acceptors (Lipinski definition) is 2. The second-order valence-corrected chi connectivity index (χ2v) is 8.58. The maximum absolute atomic E-state index is 11.1. The Bertz CT molecular complexity index is 830. The van der Waals surface area contributed by atoms with Crippen molar-refractivity contribution in [2.24, 2.45) is 17.8 Å². The van der Waals surface area contributed by atoms with Crippen LogP contribution in [0.1, 0.15) is 49.8 Å². The quantitative estimate of drug-likeness (QED) is 0.831. The Labute approximate surface area is 153 Å². The van der Waals surface area contributed by atoms with Gasteiger partial charge in [0, 0.05) is 23.3 Å². The lowest BCUT2D eigenvalue weighted by Crippen LogP contribution is -2.49. The normalized spacial score (nSPS) is 32.4. The van der Waals surface area contributed by atoms with Crippen molar-refractivity contribution < 1.29 is 9.90 Å². The van der Waals surface area contributed by atoms with E-state index in [0.717, 1.165) is 34.7 Å². The highest BCUT2D eigenvalue weighted by atomic mass is 16.4. The highest BCUT2D eigenvalue weighted by Gasteiger charge is 2.53. The lowest BCUT2D eigenvalue weighted by Gasteiger charge is -2.56. The SMILES string of the molecule is O=C(O)/C=C/c1cn(-c2ccccc2)nc1C12CC3CC(CC(C3)C1)C2. The zero-order chi connectivity index (χ0) is 17.7. The average Bonchev–Trinajstić information content (AvgIpc) is 3.05. The molecule has 1 N–H and O–H groups in total. The predicted octanol–water partition coefficient (Wildman–Crippen LogP) is 4.44. The molecule has 0 spiro atoms. The smallest absolute Gasteiger partial charge is 0.328 e. The number of carbonyl (C=O) groups is 1. The Hall–Kier alpha value is -2.36. The zero-order valence-electron chi connectivity index (χ0n) is 14.8. The summed E-state index contributed by atoms with van der Waals surface area (Å²) in [6.45, 7) is 0. The van der Waals surface area contributed by atoms with Gasteiger partial charge in [0.2, 0.25) is 0 Å². The minimum absolute atomic E-state index is 0.146. The van der Waals surface area contributed by atoms with Gasteiger partial charge in [-0.3, -0.25) is 0 Å². The molecule has 1 aromatic heterocycles. The number of hydrogen-bond donors (Lipinski definition) is 1. The molecule has 4 aliphatic carbocycles. The van der Waals surface area contributed by atoms with Crippen LogP contribution in [-0.4, -0.2) is 20.9 Å². The third kappa shape index (κ3) is 2.59. The highest BCUT2D eigenvalue weighted by Crippen LogP contribution is 2.60. The van der Waals surface area contributed by atoms with Crippen molar-refractivity contribution in [2.75, 3.05) is 0 Å². The number of para-hydroxylation sites is 1. The molecule has 0 unspecified atom stereocenters. The van der Waals surface area contributed by atoms with E-state index in [2.05, 4.69) is 0 Å². The molecule has 0 saturated heterocycles. The fourth-order valence-electron chi connectivity index (χ4n) is 6.20. The van der Waals surface area contributed by atoms with Crippen LogP contribution in [0, 0.1) is 17.8 Å². The van der Waals surface area contributed by atoms with E-state index in [1.54, 1.807) is 6.08 Å². The maximum atomic E-state index is 11.1. The number of aliphatic carboxylic acids is 1.